The molecule has 1 aromatic rings. The van der Waals surface area contributed by atoms with E-state index in [0.29, 0.717) is 10.4 Å². The van der Waals surface area contributed by atoms with Gasteiger partial charge in [-0.3, -0.25) is 0 Å². The molecule has 1 unspecified atom stereocenters. The van der Waals surface area contributed by atoms with Crippen LogP contribution in [-0.4, -0.2) is 37.1 Å². The van der Waals surface area contributed by atoms with Gasteiger partial charge < -0.3 is 15.5 Å². The number of urea groups is 1. The second kappa shape index (κ2) is 5.85. The fourth-order valence-corrected chi connectivity index (χ4v) is 3.62. The van der Waals surface area contributed by atoms with E-state index in [0.717, 1.165) is 43.9 Å². The molecule has 114 valence electrons. The minimum Gasteiger partial charge on any atom is -0.324 e. The molecule has 0 aliphatic carbocycles. The number of nitrogens with one attached hydrogen (secondary N) is 2. The van der Waals surface area contributed by atoms with Crippen molar-refractivity contribution in [3.8, 4) is 0 Å². The molecule has 0 saturated carbocycles. The number of nitrogens with zero attached hydrogens (tertiary/aromatic N) is 1. The van der Waals surface area contributed by atoms with E-state index in [2.05, 4.69) is 10.6 Å². The Bertz CT molecular complexity index is 540. The summed E-state index contributed by atoms with van der Waals surface area (Å²) < 4.78 is 0. The molecule has 2 amide bonds. The number of aryl methyl sites for hydroxylation is 1. The van der Waals surface area contributed by atoms with E-state index in [1.54, 1.807) is 0 Å². The Morgan fingerprint density at radius 2 is 2.29 bits per heavy atom. The van der Waals surface area contributed by atoms with Crippen molar-refractivity contribution in [2.45, 2.75) is 26.2 Å². The monoisotopic (exact) mass is 307 g/mol. The number of piperidine rings is 1. The van der Waals surface area contributed by atoms with Gasteiger partial charge in [-0.1, -0.05) is 17.7 Å². The zero-order valence-corrected chi connectivity index (χ0v) is 13.2. The molecule has 21 heavy (non-hydrogen) atoms. The Labute approximate surface area is 130 Å². The third-order valence-electron chi connectivity index (χ3n) is 4.72. The Kier molecular flexibility index (Phi) is 4.09. The van der Waals surface area contributed by atoms with Crippen molar-refractivity contribution >= 4 is 23.3 Å². The van der Waals surface area contributed by atoms with E-state index in [-0.39, 0.29) is 6.03 Å². The van der Waals surface area contributed by atoms with Crippen LogP contribution in [0.3, 0.4) is 0 Å². The van der Waals surface area contributed by atoms with Gasteiger partial charge in [-0.25, -0.2) is 4.79 Å². The smallest absolute Gasteiger partial charge is 0.321 e. The van der Waals surface area contributed by atoms with Crippen LogP contribution in [-0.2, 0) is 0 Å². The number of hydrogen-bond donors (Lipinski definition) is 2. The van der Waals surface area contributed by atoms with Crippen LogP contribution >= 0.6 is 11.6 Å². The lowest BCUT2D eigenvalue weighted by Crippen LogP contribution is -2.48. The first-order chi connectivity index (χ1) is 10.1. The van der Waals surface area contributed by atoms with E-state index in [9.17, 15) is 4.79 Å². The zero-order chi connectivity index (χ0) is 14.9. The number of halogens is 1. The fraction of sp³-hybridized carbons (Fsp3) is 0.562. The van der Waals surface area contributed by atoms with Crippen LogP contribution in [0.5, 0.6) is 0 Å². The maximum atomic E-state index is 12.5. The van der Waals surface area contributed by atoms with Gasteiger partial charge in [0.1, 0.15) is 0 Å². The van der Waals surface area contributed by atoms with Crippen molar-refractivity contribution in [1.82, 2.24) is 10.2 Å². The molecule has 5 heteroatoms. The summed E-state index contributed by atoms with van der Waals surface area (Å²) in [6, 6.07) is 5.57. The van der Waals surface area contributed by atoms with E-state index in [4.69, 9.17) is 11.6 Å². The Morgan fingerprint density at radius 1 is 1.43 bits per heavy atom. The Hall–Kier alpha value is -1.26. The van der Waals surface area contributed by atoms with Gasteiger partial charge in [-0.05, 0) is 50.4 Å². The summed E-state index contributed by atoms with van der Waals surface area (Å²) in [5.74, 6) is 0. The van der Waals surface area contributed by atoms with Crippen LogP contribution in [0.2, 0.25) is 5.02 Å². The van der Waals surface area contributed by atoms with E-state index in [1.165, 1.54) is 12.8 Å². The van der Waals surface area contributed by atoms with Gasteiger partial charge in [0.05, 0.1) is 0 Å². The first kappa shape index (κ1) is 14.7. The van der Waals surface area contributed by atoms with Crippen molar-refractivity contribution in [2.75, 3.05) is 31.5 Å². The summed E-state index contributed by atoms with van der Waals surface area (Å²) in [4.78, 5) is 14.5. The number of benzene rings is 1. The number of amides is 2. The molecule has 2 heterocycles. The predicted octanol–water partition coefficient (Wildman–Crippen LogP) is 3.26. The van der Waals surface area contributed by atoms with Crippen molar-refractivity contribution in [3.05, 3.63) is 28.8 Å². The molecular formula is C16H22ClN3O. The maximum Gasteiger partial charge on any atom is 0.321 e. The maximum absolute atomic E-state index is 12.5. The second-order valence-electron chi connectivity index (χ2n) is 6.34. The molecule has 4 nitrogen and oxygen atoms in total. The quantitative estimate of drug-likeness (QED) is 0.836. The zero-order valence-electron chi connectivity index (χ0n) is 12.4. The molecule has 2 N–H and O–H groups in total. The number of hydrogen-bond acceptors (Lipinski definition) is 2. The van der Waals surface area contributed by atoms with Gasteiger partial charge in [0.15, 0.2) is 0 Å². The van der Waals surface area contributed by atoms with Crippen LogP contribution in [0.4, 0.5) is 10.5 Å². The van der Waals surface area contributed by atoms with E-state index >= 15 is 0 Å². The number of rotatable bonds is 1. The van der Waals surface area contributed by atoms with Gasteiger partial charge in [0, 0.05) is 35.8 Å². The number of anilines is 1. The first-order valence-electron chi connectivity index (χ1n) is 7.61. The van der Waals surface area contributed by atoms with Crippen molar-refractivity contribution in [3.63, 3.8) is 0 Å². The SMILES string of the molecule is Cc1ccc(Cl)cc1NC(=O)N1CCCC2(CCNC2)C1. The highest BCUT2D eigenvalue weighted by atomic mass is 35.5. The molecule has 2 fully saturated rings. The molecular weight excluding hydrogens is 286 g/mol. The molecule has 0 radical (unpaired) electrons. The molecule has 2 aliphatic rings. The number of carbonyl (C=O) groups excluding carboxylic acids is 1. The number of likely N-dealkylation sites (tertiary alicyclic amines) is 1. The van der Waals surface area contributed by atoms with Gasteiger partial charge in [0.2, 0.25) is 0 Å². The van der Waals surface area contributed by atoms with Crippen molar-refractivity contribution in [1.29, 1.82) is 0 Å². The normalized spacial score (nSPS) is 25.3. The summed E-state index contributed by atoms with van der Waals surface area (Å²) in [7, 11) is 0. The van der Waals surface area contributed by atoms with Gasteiger partial charge in [-0.15, -0.1) is 0 Å². The Balaban J connectivity index is 1.68. The van der Waals surface area contributed by atoms with E-state index in [1.807, 2.05) is 30.0 Å². The highest BCUT2D eigenvalue weighted by Crippen LogP contribution is 2.35. The summed E-state index contributed by atoms with van der Waals surface area (Å²) >= 11 is 6.01. The van der Waals surface area contributed by atoms with Gasteiger partial charge >= 0.3 is 6.03 Å². The molecule has 2 saturated heterocycles. The van der Waals surface area contributed by atoms with Gasteiger partial charge in [-0.2, -0.15) is 0 Å². The molecule has 1 aromatic carbocycles. The second-order valence-corrected chi connectivity index (χ2v) is 6.78. The summed E-state index contributed by atoms with van der Waals surface area (Å²) in [6.45, 7) is 5.78. The van der Waals surface area contributed by atoms with E-state index < -0.39 is 0 Å². The Morgan fingerprint density at radius 3 is 3.05 bits per heavy atom. The highest BCUT2D eigenvalue weighted by molar-refractivity contribution is 6.31. The van der Waals surface area contributed by atoms with Crippen LogP contribution in [0.25, 0.3) is 0 Å². The average Bonchev–Trinajstić information content (AvgIpc) is 2.91. The molecule has 0 aromatic heterocycles. The summed E-state index contributed by atoms with van der Waals surface area (Å²) in [5.41, 5.74) is 2.12. The van der Waals surface area contributed by atoms with Crippen molar-refractivity contribution < 1.29 is 4.79 Å². The van der Waals surface area contributed by atoms with Gasteiger partial charge in [0.25, 0.3) is 0 Å². The first-order valence-corrected chi connectivity index (χ1v) is 7.99. The molecule has 1 spiro atoms. The lowest BCUT2D eigenvalue weighted by molar-refractivity contribution is 0.125. The topological polar surface area (TPSA) is 44.4 Å². The highest BCUT2D eigenvalue weighted by Gasteiger charge is 2.39. The third-order valence-corrected chi connectivity index (χ3v) is 4.96. The van der Waals surface area contributed by atoms with Crippen LogP contribution in [0, 0.1) is 12.3 Å². The summed E-state index contributed by atoms with van der Waals surface area (Å²) in [6.07, 6.45) is 3.48. The average molecular weight is 308 g/mol. The fourth-order valence-electron chi connectivity index (χ4n) is 3.45. The lowest BCUT2D eigenvalue weighted by atomic mass is 9.79. The molecule has 2 aliphatic heterocycles. The predicted molar refractivity (Wildman–Crippen MR) is 85.9 cm³/mol. The lowest BCUT2D eigenvalue weighted by Gasteiger charge is -2.40. The van der Waals surface area contributed by atoms with Crippen molar-refractivity contribution in [2.24, 2.45) is 5.41 Å². The molecule has 1 atom stereocenters. The number of carbonyl (C=O) groups is 1. The molecule has 0 bridgehead atoms. The standard InChI is InChI=1S/C16H22ClN3O/c1-12-3-4-13(17)9-14(12)19-15(21)20-8-2-5-16(11-20)6-7-18-10-16/h3-4,9,18H,2,5-8,10-11H2,1H3,(H,19,21). The minimum absolute atomic E-state index is 0.00802. The largest absolute Gasteiger partial charge is 0.324 e. The van der Waals surface area contributed by atoms with Crippen LogP contribution in [0.15, 0.2) is 18.2 Å². The van der Waals surface area contributed by atoms with Crippen LogP contribution in [0.1, 0.15) is 24.8 Å². The molecule has 3 rings (SSSR count). The third kappa shape index (κ3) is 3.16. The minimum atomic E-state index is -0.00802. The summed E-state index contributed by atoms with van der Waals surface area (Å²) in [5, 5.41) is 7.09. The van der Waals surface area contributed by atoms with Crippen LogP contribution < -0.4 is 10.6 Å².